The molecule has 0 radical (unpaired) electrons. The molecule has 0 aromatic carbocycles. The maximum absolute atomic E-state index is 13.8. The SMILES string of the molecule is C[C@H](CCC(=O)N(CCCNC(=O)[C@H](O)[C@H](O)[C@H](O)[C@H](O)CO)CCCNC(=O)[C@H](O)[C@@H](O)[C@@H](O)[C@@H](O)CO)[C@@H]1CC[C@H]2[C@H]3CC[C@@H]4C[C@H](O)CC[C@]4(C)[C@H]3C[C@@H](O)[C@@]21C. The average Bonchev–Trinajstić information content (AvgIpc) is 3.61. The van der Waals surface area contributed by atoms with Crippen LogP contribution in [0.1, 0.15) is 97.8 Å². The number of carbonyl (C=O) groups is 3. The smallest absolute Gasteiger partial charge is 0.251 e. The van der Waals surface area contributed by atoms with Crippen LogP contribution in [0.25, 0.3) is 0 Å². The van der Waals surface area contributed by atoms with Gasteiger partial charge < -0.3 is 76.8 Å². The van der Waals surface area contributed by atoms with E-state index in [-0.39, 0.29) is 80.1 Å². The molecule has 4 aliphatic rings. The first-order valence-corrected chi connectivity index (χ1v) is 22.1. The van der Waals surface area contributed by atoms with Crippen molar-refractivity contribution >= 4 is 17.7 Å². The number of amides is 3. The Morgan fingerprint density at radius 2 is 1.23 bits per heavy atom. The molecule has 4 aliphatic carbocycles. The molecule has 0 heterocycles. The maximum atomic E-state index is 13.8. The second-order valence-electron chi connectivity index (χ2n) is 18.9. The fraction of sp³-hybridized carbons (Fsp3) is 0.929. The number of hydrogen-bond donors (Lipinski definition) is 14. The third-order valence-corrected chi connectivity index (χ3v) is 15.5. The van der Waals surface area contributed by atoms with Gasteiger partial charge >= 0.3 is 0 Å². The standard InChI is InChI=1S/C42H75N3O15/c1-22(26-9-10-27-25-8-7-23-18-24(48)12-13-41(23,2)28(25)19-31(51)42(26,27)3)6-11-32(52)45(16-4-14-43-39(59)37(57)35(55)33(53)29(49)20-46)17-5-15-44-40(60)38(58)36(56)34(54)30(50)21-47/h22-31,33-38,46-51,53-58H,4-21H2,1-3H3,(H,43,59)(H,44,60)/t22-,23-,24-,25-,26+,27+,28+,29-,30+,31-,33-,34+,35-,36+,37-,38-,41+,42-/m1/s1. The number of fused-ring (bicyclic) bond motifs is 5. The number of hydrogen-bond acceptors (Lipinski definition) is 15. The van der Waals surface area contributed by atoms with Crippen molar-refractivity contribution in [3.05, 3.63) is 0 Å². The molecule has 0 bridgehead atoms. The summed E-state index contributed by atoms with van der Waals surface area (Å²) in [4.78, 5) is 40.3. The van der Waals surface area contributed by atoms with E-state index in [1.165, 1.54) is 0 Å². The molecule has 0 saturated heterocycles. The van der Waals surface area contributed by atoms with E-state index in [2.05, 4.69) is 31.4 Å². The van der Waals surface area contributed by atoms with Crippen LogP contribution in [0.3, 0.4) is 0 Å². The first kappa shape index (κ1) is 50.6. The molecule has 0 aliphatic heterocycles. The monoisotopic (exact) mass is 862 g/mol. The normalized spacial score (nSPS) is 34.6. The molecule has 14 N–H and O–H groups in total. The third kappa shape index (κ3) is 11.2. The zero-order valence-corrected chi connectivity index (χ0v) is 35.5. The summed E-state index contributed by atoms with van der Waals surface area (Å²) in [7, 11) is 0. The highest BCUT2D eigenvalue weighted by molar-refractivity contribution is 5.81. The second-order valence-corrected chi connectivity index (χ2v) is 18.9. The van der Waals surface area contributed by atoms with Gasteiger partial charge in [-0.15, -0.1) is 0 Å². The van der Waals surface area contributed by atoms with Gasteiger partial charge in [-0.3, -0.25) is 14.4 Å². The summed E-state index contributed by atoms with van der Waals surface area (Å²) in [5.41, 5.74) is -0.164. The van der Waals surface area contributed by atoms with Crippen molar-refractivity contribution in [3.8, 4) is 0 Å². The van der Waals surface area contributed by atoms with Crippen LogP contribution in [0.15, 0.2) is 0 Å². The summed E-state index contributed by atoms with van der Waals surface area (Å²) >= 11 is 0. The van der Waals surface area contributed by atoms with E-state index in [0.717, 1.165) is 51.4 Å². The van der Waals surface area contributed by atoms with Crippen molar-refractivity contribution < 1.29 is 75.7 Å². The molecular weight excluding hydrogens is 786 g/mol. The summed E-state index contributed by atoms with van der Waals surface area (Å²) in [6, 6.07) is 0. The number of rotatable bonds is 22. The van der Waals surface area contributed by atoms with Crippen molar-refractivity contribution in [3.63, 3.8) is 0 Å². The summed E-state index contributed by atoms with van der Waals surface area (Å²) in [5, 5.41) is 124. The number of carbonyl (C=O) groups excluding carboxylic acids is 3. The van der Waals surface area contributed by atoms with E-state index in [1.54, 1.807) is 4.90 Å². The molecule has 0 aromatic rings. The van der Waals surface area contributed by atoms with E-state index >= 15 is 0 Å². The largest absolute Gasteiger partial charge is 0.394 e. The van der Waals surface area contributed by atoms with Crippen LogP contribution >= 0.6 is 0 Å². The Bertz CT molecular complexity index is 1350. The zero-order chi connectivity index (χ0) is 44.7. The Morgan fingerprint density at radius 1 is 0.700 bits per heavy atom. The minimum absolute atomic E-state index is 0.0491. The van der Waals surface area contributed by atoms with E-state index in [0.29, 0.717) is 30.1 Å². The van der Waals surface area contributed by atoms with Gasteiger partial charge in [0.25, 0.3) is 11.8 Å². The number of nitrogens with zero attached hydrogens (tertiary/aromatic N) is 1. The van der Waals surface area contributed by atoms with E-state index < -0.39 is 80.0 Å². The van der Waals surface area contributed by atoms with Crippen molar-refractivity contribution in [2.24, 2.45) is 46.3 Å². The van der Waals surface area contributed by atoms with Crippen LogP contribution in [0.5, 0.6) is 0 Å². The lowest BCUT2D eigenvalue weighted by atomic mass is 9.43. The molecule has 3 amide bonds. The van der Waals surface area contributed by atoms with Crippen LogP contribution in [-0.2, 0) is 14.4 Å². The molecule has 348 valence electrons. The van der Waals surface area contributed by atoms with Crippen molar-refractivity contribution in [2.75, 3.05) is 39.4 Å². The van der Waals surface area contributed by atoms with Crippen LogP contribution < -0.4 is 10.6 Å². The zero-order valence-electron chi connectivity index (χ0n) is 35.5. The van der Waals surface area contributed by atoms with Gasteiger partial charge in [-0.2, -0.15) is 0 Å². The Labute approximate surface area is 353 Å². The lowest BCUT2D eigenvalue weighted by Gasteiger charge is -2.62. The minimum atomic E-state index is -2.11. The molecule has 0 unspecified atom stereocenters. The van der Waals surface area contributed by atoms with Gasteiger partial charge in [0.05, 0.1) is 25.4 Å². The van der Waals surface area contributed by atoms with E-state index in [9.17, 15) is 65.4 Å². The van der Waals surface area contributed by atoms with Gasteiger partial charge in [0.1, 0.15) is 36.6 Å². The highest BCUT2D eigenvalue weighted by atomic mass is 16.4. The summed E-state index contributed by atoms with van der Waals surface area (Å²) in [6.07, 6.45) is -7.85. The van der Waals surface area contributed by atoms with Gasteiger partial charge in [-0.1, -0.05) is 20.8 Å². The lowest BCUT2D eigenvalue weighted by Crippen LogP contribution is -2.58. The highest BCUT2D eigenvalue weighted by Crippen LogP contribution is 2.68. The molecule has 18 atom stereocenters. The molecule has 18 nitrogen and oxygen atoms in total. The number of nitrogens with one attached hydrogen (secondary N) is 2. The predicted molar refractivity (Wildman–Crippen MR) is 215 cm³/mol. The Kier molecular flexibility index (Phi) is 18.6. The van der Waals surface area contributed by atoms with Crippen molar-refractivity contribution in [1.29, 1.82) is 0 Å². The first-order chi connectivity index (χ1) is 28.2. The first-order valence-electron chi connectivity index (χ1n) is 22.1. The third-order valence-electron chi connectivity index (χ3n) is 15.5. The molecule has 60 heavy (non-hydrogen) atoms. The van der Waals surface area contributed by atoms with Crippen LogP contribution in [-0.4, -0.2) is 184 Å². The average molecular weight is 862 g/mol. The molecule has 0 spiro atoms. The van der Waals surface area contributed by atoms with Crippen molar-refractivity contribution in [1.82, 2.24) is 15.5 Å². The number of aliphatic hydroxyl groups excluding tert-OH is 12. The van der Waals surface area contributed by atoms with Crippen LogP contribution in [0, 0.1) is 46.3 Å². The molecule has 0 aromatic heterocycles. The van der Waals surface area contributed by atoms with Gasteiger partial charge in [-0.25, -0.2) is 0 Å². The Balaban J connectivity index is 1.35. The summed E-state index contributed by atoms with van der Waals surface area (Å²) in [6.45, 7) is 5.15. The summed E-state index contributed by atoms with van der Waals surface area (Å²) in [5.74, 6) is -0.145. The minimum Gasteiger partial charge on any atom is -0.394 e. The Hall–Kier alpha value is -2.07. The molecule has 4 fully saturated rings. The lowest BCUT2D eigenvalue weighted by molar-refractivity contribution is -0.175. The Morgan fingerprint density at radius 3 is 1.75 bits per heavy atom. The molecule has 4 saturated carbocycles. The van der Waals surface area contributed by atoms with E-state index in [4.69, 9.17) is 10.2 Å². The van der Waals surface area contributed by atoms with Gasteiger partial charge in [0.2, 0.25) is 5.91 Å². The van der Waals surface area contributed by atoms with Crippen LogP contribution in [0.2, 0.25) is 0 Å². The summed E-state index contributed by atoms with van der Waals surface area (Å²) < 4.78 is 0. The van der Waals surface area contributed by atoms with E-state index in [1.807, 2.05) is 0 Å². The second kappa shape index (κ2) is 22.0. The topological polar surface area (TPSA) is 321 Å². The maximum Gasteiger partial charge on any atom is 0.251 e. The highest BCUT2D eigenvalue weighted by Gasteiger charge is 2.63. The molecule has 4 rings (SSSR count). The van der Waals surface area contributed by atoms with Crippen molar-refractivity contribution in [2.45, 2.75) is 159 Å². The van der Waals surface area contributed by atoms with Gasteiger partial charge in [0.15, 0.2) is 12.2 Å². The molecular formula is C42H75N3O15. The predicted octanol–water partition coefficient (Wildman–Crippen LogP) is -2.89. The van der Waals surface area contributed by atoms with Gasteiger partial charge in [-0.05, 0) is 117 Å². The fourth-order valence-electron chi connectivity index (χ4n) is 11.8. The van der Waals surface area contributed by atoms with Crippen LogP contribution in [0.4, 0.5) is 0 Å². The fourth-order valence-corrected chi connectivity index (χ4v) is 11.8. The molecule has 18 heteroatoms. The van der Waals surface area contributed by atoms with Gasteiger partial charge in [0, 0.05) is 32.6 Å². The quantitative estimate of drug-likeness (QED) is 0.0486. The number of aliphatic hydroxyl groups is 12.